The van der Waals surface area contributed by atoms with E-state index in [0.717, 1.165) is 29.7 Å². The smallest absolute Gasteiger partial charge is 0.259 e. The van der Waals surface area contributed by atoms with Crippen LogP contribution in [-0.4, -0.2) is 47.7 Å². The lowest BCUT2D eigenvalue weighted by Gasteiger charge is -2.25. The Kier molecular flexibility index (Phi) is 6.14. The summed E-state index contributed by atoms with van der Waals surface area (Å²) in [6.45, 7) is 8.38. The summed E-state index contributed by atoms with van der Waals surface area (Å²) >= 11 is 0. The first-order chi connectivity index (χ1) is 13.4. The average Bonchev–Trinajstić information content (AvgIpc) is 3.27. The SMILES string of the molecule is Cc1cccc(NC(=O)CN(C[C@@H]2CCCO2)C(=O)c2c(C)noc2C)c1C. The highest BCUT2D eigenvalue weighted by atomic mass is 16.5. The zero-order valence-corrected chi connectivity index (χ0v) is 16.9. The number of hydrogen-bond donors (Lipinski definition) is 1. The molecule has 1 aliphatic rings. The predicted octanol–water partition coefficient (Wildman–Crippen LogP) is 3.17. The molecule has 1 fully saturated rings. The number of anilines is 1. The third kappa shape index (κ3) is 4.42. The Balaban J connectivity index is 1.77. The van der Waals surface area contributed by atoms with E-state index in [-0.39, 0.29) is 24.5 Å². The maximum atomic E-state index is 13.1. The summed E-state index contributed by atoms with van der Waals surface area (Å²) in [7, 11) is 0. The first-order valence-electron chi connectivity index (χ1n) is 9.56. The highest BCUT2D eigenvalue weighted by Crippen LogP contribution is 2.20. The molecule has 7 nitrogen and oxygen atoms in total. The second kappa shape index (κ2) is 8.56. The van der Waals surface area contributed by atoms with Gasteiger partial charge in [0.1, 0.15) is 17.9 Å². The number of ether oxygens (including phenoxy) is 1. The summed E-state index contributed by atoms with van der Waals surface area (Å²) in [5, 5.41) is 6.79. The first-order valence-corrected chi connectivity index (χ1v) is 9.56. The Hall–Kier alpha value is -2.67. The van der Waals surface area contributed by atoms with Crippen LogP contribution in [-0.2, 0) is 9.53 Å². The van der Waals surface area contributed by atoms with Gasteiger partial charge in [-0.3, -0.25) is 9.59 Å². The van der Waals surface area contributed by atoms with E-state index in [9.17, 15) is 9.59 Å². The number of aromatic nitrogens is 1. The third-order valence-electron chi connectivity index (χ3n) is 5.20. The molecule has 1 aromatic heterocycles. The number of nitrogens with one attached hydrogen (secondary N) is 1. The van der Waals surface area contributed by atoms with Crippen molar-refractivity contribution in [2.24, 2.45) is 0 Å². The minimum Gasteiger partial charge on any atom is -0.376 e. The first kappa shape index (κ1) is 20.1. The van der Waals surface area contributed by atoms with E-state index in [0.29, 0.717) is 30.2 Å². The van der Waals surface area contributed by atoms with Crippen molar-refractivity contribution in [1.29, 1.82) is 0 Å². The lowest BCUT2D eigenvalue weighted by Crippen LogP contribution is -2.42. The Labute approximate surface area is 165 Å². The highest BCUT2D eigenvalue weighted by molar-refractivity contribution is 6.00. The van der Waals surface area contributed by atoms with Crippen LogP contribution in [0.25, 0.3) is 0 Å². The Morgan fingerprint density at radius 3 is 2.68 bits per heavy atom. The van der Waals surface area contributed by atoms with Crippen LogP contribution in [0.2, 0.25) is 0 Å². The molecule has 1 N–H and O–H groups in total. The largest absolute Gasteiger partial charge is 0.376 e. The van der Waals surface area contributed by atoms with Gasteiger partial charge in [0, 0.05) is 18.8 Å². The number of nitrogens with zero attached hydrogens (tertiary/aromatic N) is 2. The van der Waals surface area contributed by atoms with Crippen molar-refractivity contribution in [2.45, 2.75) is 46.6 Å². The van der Waals surface area contributed by atoms with Crippen molar-refractivity contribution >= 4 is 17.5 Å². The normalized spacial score (nSPS) is 16.2. The van der Waals surface area contributed by atoms with Crippen molar-refractivity contribution in [3.05, 3.63) is 46.3 Å². The second-order valence-corrected chi connectivity index (χ2v) is 7.32. The van der Waals surface area contributed by atoms with E-state index in [1.165, 1.54) is 4.90 Å². The van der Waals surface area contributed by atoms with Gasteiger partial charge in [-0.15, -0.1) is 0 Å². The number of amides is 2. The molecule has 150 valence electrons. The summed E-state index contributed by atoms with van der Waals surface area (Å²) in [6.07, 6.45) is 1.79. The van der Waals surface area contributed by atoms with Crippen molar-refractivity contribution in [3.63, 3.8) is 0 Å². The summed E-state index contributed by atoms with van der Waals surface area (Å²) in [5.74, 6) is -0.0514. The molecule has 0 aliphatic carbocycles. The number of aryl methyl sites for hydroxylation is 3. The molecule has 2 amide bonds. The molecule has 1 aromatic carbocycles. The molecule has 2 aromatic rings. The fourth-order valence-corrected chi connectivity index (χ4v) is 3.45. The highest BCUT2D eigenvalue weighted by Gasteiger charge is 2.29. The third-order valence-corrected chi connectivity index (χ3v) is 5.20. The summed E-state index contributed by atoms with van der Waals surface area (Å²) in [4.78, 5) is 27.4. The topological polar surface area (TPSA) is 84.7 Å². The van der Waals surface area contributed by atoms with Crippen LogP contribution in [0, 0.1) is 27.7 Å². The minimum absolute atomic E-state index is 0.0575. The lowest BCUT2D eigenvalue weighted by molar-refractivity contribution is -0.117. The Bertz CT molecular complexity index is 849. The molecular weight excluding hydrogens is 358 g/mol. The van der Waals surface area contributed by atoms with E-state index >= 15 is 0 Å². The molecule has 0 bridgehead atoms. The zero-order chi connectivity index (χ0) is 20.3. The molecular formula is C21H27N3O4. The molecule has 0 spiro atoms. The lowest BCUT2D eigenvalue weighted by atomic mass is 10.1. The van der Waals surface area contributed by atoms with Gasteiger partial charge in [-0.05, 0) is 57.7 Å². The van der Waals surface area contributed by atoms with Crippen molar-refractivity contribution < 1.29 is 18.8 Å². The van der Waals surface area contributed by atoms with Gasteiger partial charge in [0.05, 0.1) is 11.8 Å². The molecule has 2 heterocycles. The van der Waals surface area contributed by atoms with Crippen molar-refractivity contribution in [3.8, 4) is 0 Å². The van der Waals surface area contributed by atoms with Crippen molar-refractivity contribution in [1.82, 2.24) is 10.1 Å². The van der Waals surface area contributed by atoms with Crippen LogP contribution in [0.1, 0.15) is 45.8 Å². The molecule has 0 radical (unpaired) electrons. The fourth-order valence-electron chi connectivity index (χ4n) is 3.45. The van der Waals surface area contributed by atoms with Crippen LogP contribution in [0.15, 0.2) is 22.7 Å². The number of benzene rings is 1. The van der Waals surface area contributed by atoms with Crippen LogP contribution in [0.4, 0.5) is 5.69 Å². The van der Waals surface area contributed by atoms with E-state index < -0.39 is 0 Å². The molecule has 3 rings (SSSR count). The fraction of sp³-hybridized carbons (Fsp3) is 0.476. The average molecular weight is 385 g/mol. The van der Waals surface area contributed by atoms with Gasteiger partial charge in [-0.1, -0.05) is 17.3 Å². The molecule has 28 heavy (non-hydrogen) atoms. The van der Waals surface area contributed by atoms with Gasteiger partial charge in [0.25, 0.3) is 5.91 Å². The minimum atomic E-state index is -0.261. The van der Waals surface area contributed by atoms with E-state index in [2.05, 4.69) is 10.5 Å². The van der Waals surface area contributed by atoms with Crippen LogP contribution in [0.3, 0.4) is 0 Å². The number of carbonyl (C=O) groups excluding carboxylic acids is 2. The summed E-state index contributed by atoms with van der Waals surface area (Å²) in [5.41, 5.74) is 3.80. The molecule has 0 unspecified atom stereocenters. The van der Waals surface area contributed by atoms with Gasteiger partial charge in [0.2, 0.25) is 5.91 Å². The molecule has 7 heteroatoms. The van der Waals surface area contributed by atoms with Gasteiger partial charge >= 0.3 is 0 Å². The summed E-state index contributed by atoms with van der Waals surface area (Å²) in [6, 6.07) is 5.76. The van der Waals surface area contributed by atoms with Crippen molar-refractivity contribution in [2.75, 3.05) is 25.0 Å². The zero-order valence-electron chi connectivity index (χ0n) is 16.9. The number of hydrogen-bond acceptors (Lipinski definition) is 5. The van der Waals surface area contributed by atoms with Crippen LogP contribution >= 0.6 is 0 Å². The predicted molar refractivity (Wildman–Crippen MR) is 105 cm³/mol. The van der Waals surface area contributed by atoms with Crippen LogP contribution in [0.5, 0.6) is 0 Å². The molecule has 1 aliphatic heterocycles. The van der Waals surface area contributed by atoms with Gasteiger partial charge in [-0.25, -0.2) is 0 Å². The number of carbonyl (C=O) groups is 2. The standard InChI is InChI=1S/C21H27N3O4/c1-13-7-5-9-18(14(13)2)22-19(25)12-24(11-17-8-6-10-27-17)21(26)20-15(3)23-28-16(20)4/h5,7,9,17H,6,8,10-12H2,1-4H3,(H,22,25)/t17-/m0/s1. The molecule has 1 saturated heterocycles. The van der Waals surface area contributed by atoms with Crippen LogP contribution < -0.4 is 5.32 Å². The van der Waals surface area contributed by atoms with E-state index in [4.69, 9.17) is 9.26 Å². The van der Waals surface area contributed by atoms with Gasteiger partial charge < -0.3 is 19.5 Å². The monoisotopic (exact) mass is 385 g/mol. The quantitative estimate of drug-likeness (QED) is 0.826. The maximum absolute atomic E-state index is 13.1. The molecule has 0 saturated carbocycles. The molecule has 1 atom stereocenters. The van der Waals surface area contributed by atoms with Gasteiger partial charge in [-0.2, -0.15) is 0 Å². The Morgan fingerprint density at radius 1 is 1.25 bits per heavy atom. The summed E-state index contributed by atoms with van der Waals surface area (Å²) < 4.78 is 10.8. The van der Waals surface area contributed by atoms with E-state index in [1.54, 1.807) is 13.8 Å². The maximum Gasteiger partial charge on any atom is 0.259 e. The number of rotatable bonds is 6. The Morgan fingerprint density at radius 2 is 2.04 bits per heavy atom. The second-order valence-electron chi connectivity index (χ2n) is 7.32. The van der Waals surface area contributed by atoms with E-state index in [1.807, 2.05) is 32.0 Å². The van der Waals surface area contributed by atoms with Gasteiger partial charge in [0.15, 0.2) is 0 Å².